The second-order valence-electron chi connectivity index (χ2n) is 3.55. The number of rotatable bonds is 2. The summed E-state index contributed by atoms with van der Waals surface area (Å²) in [6.45, 7) is 0. The molecule has 1 heterocycles. The van der Waals surface area contributed by atoms with Gasteiger partial charge in [-0.05, 0) is 30.3 Å². The van der Waals surface area contributed by atoms with E-state index >= 15 is 0 Å². The van der Waals surface area contributed by atoms with Gasteiger partial charge in [0.25, 0.3) is 5.91 Å². The van der Waals surface area contributed by atoms with Crippen molar-refractivity contribution < 1.29 is 4.79 Å². The Kier molecular flexibility index (Phi) is 3.69. The number of carbonyl (C=O) groups excluding carboxylic acids is 1. The summed E-state index contributed by atoms with van der Waals surface area (Å²) >= 11 is 11.5. The van der Waals surface area contributed by atoms with E-state index in [1.54, 1.807) is 24.3 Å². The Morgan fingerprint density at radius 1 is 1.22 bits per heavy atom. The number of nitrogens with two attached hydrogens (primary N) is 1. The van der Waals surface area contributed by atoms with Gasteiger partial charge in [-0.3, -0.25) is 4.79 Å². The van der Waals surface area contributed by atoms with Crippen molar-refractivity contribution in [1.82, 2.24) is 4.98 Å². The minimum absolute atomic E-state index is 0.271. The summed E-state index contributed by atoms with van der Waals surface area (Å²) in [5.41, 5.74) is 6.87. The van der Waals surface area contributed by atoms with Crippen molar-refractivity contribution >= 4 is 40.5 Å². The van der Waals surface area contributed by atoms with E-state index in [1.807, 2.05) is 0 Å². The lowest BCUT2D eigenvalue weighted by molar-refractivity contribution is 0.102. The second kappa shape index (κ2) is 5.25. The molecule has 4 nitrogen and oxygen atoms in total. The van der Waals surface area contributed by atoms with Gasteiger partial charge in [0.15, 0.2) is 0 Å². The molecule has 1 amide bonds. The molecule has 0 aliphatic heterocycles. The van der Waals surface area contributed by atoms with E-state index in [9.17, 15) is 4.79 Å². The van der Waals surface area contributed by atoms with Gasteiger partial charge in [0.1, 0.15) is 5.69 Å². The number of pyridine rings is 1. The first-order valence-corrected chi connectivity index (χ1v) is 5.80. The van der Waals surface area contributed by atoms with Gasteiger partial charge in [0, 0.05) is 11.9 Å². The molecule has 0 aliphatic rings. The maximum absolute atomic E-state index is 11.8. The predicted octanol–water partition coefficient (Wildman–Crippen LogP) is 3.22. The Balaban J connectivity index is 2.16. The van der Waals surface area contributed by atoms with E-state index in [-0.39, 0.29) is 11.6 Å². The number of nitrogen functional groups attached to an aromatic ring is 1. The highest BCUT2D eigenvalue weighted by molar-refractivity contribution is 6.33. The van der Waals surface area contributed by atoms with Crippen molar-refractivity contribution in [2.45, 2.75) is 0 Å². The minimum Gasteiger partial charge on any atom is -0.397 e. The summed E-state index contributed by atoms with van der Waals surface area (Å²) in [4.78, 5) is 15.7. The van der Waals surface area contributed by atoms with Gasteiger partial charge in [0.2, 0.25) is 0 Å². The van der Waals surface area contributed by atoms with Crippen LogP contribution < -0.4 is 11.1 Å². The van der Waals surface area contributed by atoms with Crippen LogP contribution in [0.15, 0.2) is 36.5 Å². The molecule has 18 heavy (non-hydrogen) atoms. The molecule has 0 bridgehead atoms. The Labute approximate surface area is 114 Å². The number of nitrogens with one attached hydrogen (secondary N) is 1. The summed E-state index contributed by atoms with van der Waals surface area (Å²) in [6, 6.07) is 7.99. The van der Waals surface area contributed by atoms with Crippen molar-refractivity contribution in [2.75, 3.05) is 11.1 Å². The molecule has 0 atom stereocenters. The number of hydrogen-bond donors (Lipinski definition) is 2. The normalized spacial score (nSPS) is 10.1. The number of carbonyl (C=O) groups is 1. The highest BCUT2D eigenvalue weighted by Crippen LogP contribution is 2.22. The number of aromatic nitrogens is 1. The molecule has 1 aromatic heterocycles. The van der Waals surface area contributed by atoms with Gasteiger partial charge >= 0.3 is 0 Å². The van der Waals surface area contributed by atoms with Gasteiger partial charge < -0.3 is 11.1 Å². The molecule has 6 heteroatoms. The highest BCUT2D eigenvalue weighted by Gasteiger charge is 2.08. The fourth-order valence-electron chi connectivity index (χ4n) is 1.33. The van der Waals surface area contributed by atoms with Crippen LogP contribution >= 0.6 is 23.2 Å². The molecule has 92 valence electrons. The molecule has 2 rings (SSSR count). The van der Waals surface area contributed by atoms with Crippen LogP contribution in [0.25, 0.3) is 0 Å². The standard InChI is InChI=1S/C12H9Cl2N3O/c13-7-1-4-11(16-6-7)12(18)17-8-2-3-9(14)10(15)5-8/h1-6H,15H2,(H,17,18). The molecule has 1 aromatic carbocycles. The maximum Gasteiger partial charge on any atom is 0.274 e. The lowest BCUT2D eigenvalue weighted by Crippen LogP contribution is -2.13. The van der Waals surface area contributed by atoms with Gasteiger partial charge in [-0.25, -0.2) is 4.98 Å². The van der Waals surface area contributed by atoms with E-state index in [0.717, 1.165) is 0 Å². The molecule has 3 N–H and O–H groups in total. The van der Waals surface area contributed by atoms with Gasteiger partial charge in [-0.2, -0.15) is 0 Å². The van der Waals surface area contributed by atoms with Gasteiger partial charge in [-0.15, -0.1) is 0 Å². The van der Waals surface area contributed by atoms with E-state index in [0.29, 0.717) is 21.4 Å². The quantitative estimate of drug-likeness (QED) is 0.831. The Bertz CT molecular complexity index is 584. The zero-order valence-electron chi connectivity index (χ0n) is 9.15. The number of hydrogen-bond acceptors (Lipinski definition) is 3. The SMILES string of the molecule is Nc1cc(NC(=O)c2ccc(Cl)cn2)ccc1Cl. The molecule has 0 saturated heterocycles. The van der Waals surface area contributed by atoms with Crippen LogP contribution in [0.4, 0.5) is 11.4 Å². The first-order valence-electron chi connectivity index (χ1n) is 5.04. The van der Waals surface area contributed by atoms with Crippen LogP contribution in [0.1, 0.15) is 10.5 Å². The summed E-state index contributed by atoms with van der Waals surface area (Å²) < 4.78 is 0. The predicted molar refractivity (Wildman–Crippen MR) is 73.1 cm³/mol. The molecule has 0 saturated carbocycles. The minimum atomic E-state index is -0.339. The highest BCUT2D eigenvalue weighted by atomic mass is 35.5. The lowest BCUT2D eigenvalue weighted by Gasteiger charge is -2.06. The average Bonchev–Trinajstić information content (AvgIpc) is 2.34. The van der Waals surface area contributed by atoms with E-state index in [1.165, 1.54) is 12.3 Å². The van der Waals surface area contributed by atoms with Crippen LogP contribution in [0.3, 0.4) is 0 Å². The van der Waals surface area contributed by atoms with Crippen molar-refractivity contribution in [3.05, 3.63) is 52.3 Å². The van der Waals surface area contributed by atoms with Crippen LogP contribution in [0, 0.1) is 0 Å². The van der Waals surface area contributed by atoms with Crippen molar-refractivity contribution in [3.63, 3.8) is 0 Å². The van der Waals surface area contributed by atoms with E-state index in [2.05, 4.69) is 10.3 Å². The summed E-state index contributed by atoms with van der Waals surface area (Å²) in [7, 11) is 0. The van der Waals surface area contributed by atoms with Crippen LogP contribution in [-0.4, -0.2) is 10.9 Å². The van der Waals surface area contributed by atoms with Crippen LogP contribution in [0.5, 0.6) is 0 Å². The molecule has 0 fully saturated rings. The molecular weight excluding hydrogens is 273 g/mol. The zero-order valence-corrected chi connectivity index (χ0v) is 10.7. The van der Waals surface area contributed by atoms with E-state index < -0.39 is 0 Å². The Morgan fingerprint density at radius 3 is 2.61 bits per heavy atom. The fraction of sp³-hybridized carbons (Fsp3) is 0. The number of benzene rings is 1. The topological polar surface area (TPSA) is 68.0 Å². The zero-order chi connectivity index (χ0) is 13.1. The number of amides is 1. The number of halogens is 2. The molecule has 0 spiro atoms. The Hall–Kier alpha value is -1.78. The third kappa shape index (κ3) is 2.91. The van der Waals surface area contributed by atoms with Crippen LogP contribution in [-0.2, 0) is 0 Å². The van der Waals surface area contributed by atoms with E-state index in [4.69, 9.17) is 28.9 Å². The molecule has 0 radical (unpaired) electrons. The summed E-state index contributed by atoms with van der Waals surface area (Å²) in [5.74, 6) is -0.339. The summed E-state index contributed by atoms with van der Waals surface area (Å²) in [6.07, 6.45) is 1.41. The smallest absolute Gasteiger partial charge is 0.274 e. The van der Waals surface area contributed by atoms with Gasteiger partial charge in [0.05, 0.1) is 15.7 Å². The lowest BCUT2D eigenvalue weighted by atomic mass is 10.2. The first kappa shape index (κ1) is 12.7. The fourth-order valence-corrected chi connectivity index (χ4v) is 1.56. The molecule has 0 aliphatic carbocycles. The third-order valence-corrected chi connectivity index (χ3v) is 2.78. The van der Waals surface area contributed by atoms with Crippen LogP contribution in [0.2, 0.25) is 10.0 Å². The van der Waals surface area contributed by atoms with Crippen molar-refractivity contribution in [3.8, 4) is 0 Å². The molecule has 0 unspecified atom stereocenters. The van der Waals surface area contributed by atoms with Crippen molar-refractivity contribution in [2.24, 2.45) is 0 Å². The van der Waals surface area contributed by atoms with Gasteiger partial charge in [-0.1, -0.05) is 23.2 Å². The monoisotopic (exact) mass is 281 g/mol. The maximum atomic E-state index is 11.8. The molecular formula is C12H9Cl2N3O. The average molecular weight is 282 g/mol. The number of anilines is 2. The van der Waals surface area contributed by atoms with Crippen molar-refractivity contribution in [1.29, 1.82) is 0 Å². The third-order valence-electron chi connectivity index (χ3n) is 2.21. The Morgan fingerprint density at radius 2 is 2.00 bits per heavy atom. The second-order valence-corrected chi connectivity index (χ2v) is 4.40. The molecule has 2 aromatic rings. The summed E-state index contributed by atoms with van der Waals surface area (Å²) in [5, 5.41) is 3.58. The largest absolute Gasteiger partial charge is 0.397 e. The number of nitrogens with zero attached hydrogens (tertiary/aromatic N) is 1. The first-order chi connectivity index (χ1) is 8.56.